The van der Waals surface area contributed by atoms with E-state index in [0.717, 1.165) is 0 Å². The molecule has 1 saturated heterocycles. The second-order valence-corrected chi connectivity index (χ2v) is 5.33. The van der Waals surface area contributed by atoms with Crippen molar-refractivity contribution in [2.75, 3.05) is 5.73 Å². The topological polar surface area (TPSA) is 120 Å². The first-order valence-corrected chi connectivity index (χ1v) is 6.59. The molecule has 0 radical (unpaired) electrons. The van der Waals surface area contributed by atoms with E-state index in [0.29, 0.717) is 23.4 Å². The average molecular weight is 311 g/mol. The van der Waals surface area contributed by atoms with Crippen molar-refractivity contribution in [1.82, 2.24) is 9.88 Å². The van der Waals surface area contributed by atoms with Crippen LogP contribution >= 0.6 is 0 Å². The Balaban J connectivity index is 0.00000176. The first-order valence-electron chi connectivity index (χ1n) is 6.59. The Kier molecular flexibility index (Phi) is 4.62. The van der Waals surface area contributed by atoms with Gasteiger partial charge in [0.1, 0.15) is 5.82 Å². The predicted octanol–water partition coefficient (Wildman–Crippen LogP) is -4.26. The van der Waals surface area contributed by atoms with Crippen LogP contribution in [-0.2, 0) is 9.59 Å². The number of anilines is 1. The summed E-state index contributed by atoms with van der Waals surface area (Å²) in [5.74, 6) is -2.03. The van der Waals surface area contributed by atoms with Gasteiger partial charge in [-0.3, -0.25) is 4.79 Å². The molecule has 8 heteroatoms. The van der Waals surface area contributed by atoms with Gasteiger partial charge in [-0.25, -0.2) is 4.98 Å². The summed E-state index contributed by atoms with van der Waals surface area (Å²) in [5.41, 5.74) is 6.47. The van der Waals surface area contributed by atoms with E-state index in [-0.39, 0.29) is 47.2 Å². The van der Waals surface area contributed by atoms with Crippen molar-refractivity contribution in [3.05, 3.63) is 29.6 Å². The van der Waals surface area contributed by atoms with Crippen molar-refractivity contribution in [2.45, 2.75) is 25.5 Å². The van der Waals surface area contributed by atoms with Gasteiger partial charge in [-0.05, 0) is 36.6 Å². The molecule has 1 fully saturated rings. The standard InChI is InChI=1S/C14H15N3O4.Na/c1-6(18)11-9-4-8(7-2-3-10(15)16-5-7)12(14(20)21)17(9)13(11)19;/h2-3,5-6,9,11,18H,4H2,1H3,(H2,15,16)(H,20,21);/q;+1/p-1/t6-,9-,11-;/m1./s1. The van der Waals surface area contributed by atoms with E-state index in [1.54, 1.807) is 12.1 Å². The molecule has 3 heterocycles. The minimum absolute atomic E-state index is 0. The zero-order chi connectivity index (χ0) is 15.3. The number of aliphatic hydroxyl groups excluding tert-OH is 1. The molecule has 0 aromatic carbocycles. The largest absolute Gasteiger partial charge is 1.00 e. The van der Waals surface area contributed by atoms with Crippen molar-refractivity contribution in [1.29, 1.82) is 0 Å². The third kappa shape index (κ3) is 2.44. The number of carbonyl (C=O) groups excluding carboxylic acids is 2. The van der Waals surface area contributed by atoms with Gasteiger partial charge in [-0.1, -0.05) is 0 Å². The molecule has 2 aliphatic heterocycles. The molecule has 0 aliphatic carbocycles. The van der Waals surface area contributed by atoms with Crippen molar-refractivity contribution >= 4 is 23.3 Å². The number of aromatic nitrogens is 1. The van der Waals surface area contributed by atoms with Crippen LogP contribution in [0, 0.1) is 5.92 Å². The molecule has 0 bridgehead atoms. The summed E-state index contributed by atoms with van der Waals surface area (Å²) in [6.07, 6.45) is 1.02. The number of carbonyl (C=O) groups is 2. The number of nitrogens with two attached hydrogens (primary N) is 1. The second-order valence-electron chi connectivity index (χ2n) is 5.33. The average Bonchev–Trinajstić information content (AvgIpc) is 2.74. The van der Waals surface area contributed by atoms with Crippen LogP contribution in [0.15, 0.2) is 24.0 Å². The second kappa shape index (κ2) is 6.00. The molecule has 0 unspecified atom stereocenters. The van der Waals surface area contributed by atoms with Crippen LogP contribution in [0.5, 0.6) is 0 Å². The number of β-lactam (4-membered cyclic amide) rings is 1. The monoisotopic (exact) mass is 311 g/mol. The van der Waals surface area contributed by atoms with Crippen molar-refractivity contribution < 1.29 is 49.4 Å². The van der Waals surface area contributed by atoms with E-state index in [1.807, 2.05) is 0 Å². The van der Waals surface area contributed by atoms with Crippen LogP contribution in [0.2, 0.25) is 0 Å². The minimum atomic E-state index is -1.40. The summed E-state index contributed by atoms with van der Waals surface area (Å²) in [5, 5.41) is 21.0. The third-order valence-corrected chi connectivity index (χ3v) is 4.06. The number of pyridine rings is 1. The summed E-state index contributed by atoms with van der Waals surface area (Å²) in [7, 11) is 0. The Morgan fingerprint density at radius 1 is 1.55 bits per heavy atom. The number of aliphatic hydroxyl groups is 1. The molecule has 0 spiro atoms. The molecule has 1 amide bonds. The Labute approximate surface area is 149 Å². The number of rotatable bonds is 3. The first-order chi connectivity index (χ1) is 9.91. The molecule has 3 atom stereocenters. The molecule has 110 valence electrons. The Hall–Kier alpha value is -1.41. The van der Waals surface area contributed by atoms with Gasteiger partial charge in [0.2, 0.25) is 5.91 Å². The zero-order valence-corrected chi connectivity index (χ0v) is 14.3. The number of hydrogen-bond donors (Lipinski definition) is 2. The maximum absolute atomic E-state index is 12.0. The number of nitrogen functional groups attached to an aromatic ring is 1. The Morgan fingerprint density at radius 2 is 2.23 bits per heavy atom. The number of hydrogen-bond acceptors (Lipinski definition) is 6. The van der Waals surface area contributed by atoms with Crippen molar-refractivity contribution in [3.63, 3.8) is 0 Å². The predicted molar refractivity (Wildman–Crippen MR) is 71.0 cm³/mol. The fraction of sp³-hybridized carbons (Fsp3) is 0.357. The van der Waals surface area contributed by atoms with Crippen LogP contribution in [0.25, 0.3) is 5.57 Å². The van der Waals surface area contributed by atoms with Gasteiger partial charge >= 0.3 is 29.6 Å². The fourth-order valence-electron chi connectivity index (χ4n) is 3.10. The van der Waals surface area contributed by atoms with Gasteiger partial charge in [0, 0.05) is 6.20 Å². The summed E-state index contributed by atoms with van der Waals surface area (Å²) in [6, 6.07) is 2.89. The molecular weight excluding hydrogens is 297 g/mol. The maximum Gasteiger partial charge on any atom is 1.00 e. The maximum atomic E-state index is 12.0. The van der Waals surface area contributed by atoms with Crippen LogP contribution in [0.4, 0.5) is 5.82 Å². The molecule has 7 nitrogen and oxygen atoms in total. The summed E-state index contributed by atoms with van der Waals surface area (Å²) < 4.78 is 0. The molecule has 2 aliphatic rings. The van der Waals surface area contributed by atoms with Crippen molar-refractivity contribution in [3.8, 4) is 0 Å². The number of carboxylic acid groups (broad SMARTS) is 1. The fourth-order valence-corrected chi connectivity index (χ4v) is 3.10. The minimum Gasteiger partial charge on any atom is -0.543 e. The van der Waals surface area contributed by atoms with Crippen LogP contribution in [-0.4, -0.2) is 39.0 Å². The molecule has 0 saturated carbocycles. The van der Waals surface area contributed by atoms with E-state index in [1.165, 1.54) is 18.0 Å². The van der Waals surface area contributed by atoms with Gasteiger partial charge in [-0.15, -0.1) is 0 Å². The Bertz CT molecular complexity index is 657. The third-order valence-electron chi connectivity index (χ3n) is 4.06. The molecular formula is C14H14N3NaO4. The van der Waals surface area contributed by atoms with E-state index < -0.39 is 18.0 Å². The van der Waals surface area contributed by atoms with E-state index in [9.17, 15) is 19.8 Å². The quantitative estimate of drug-likeness (QED) is 0.431. The summed E-state index contributed by atoms with van der Waals surface area (Å²) in [6.45, 7) is 1.53. The Morgan fingerprint density at radius 3 is 2.73 bits per heavy atom. The smallest absolute Gasteiger partial charge is 0.543 e. The molecule has 3 N–H and O–H groups in total. The normalized spacial score (nSPS) is 24.5. The van der Waals surface area contributed by atoms with Gasteiger partial charge < -0.3 is 25.6 Å². The number of fused-ring (bicyclic) bond motifs is 1. The van der Waals surface area contributed by atoms with Crippen LogP contribution < -0.4 is 40.4 Å². The number of carboxylic acids is 1. The van der Waals surface area contributed by atoms with Gasteiger partial charge in [0.05, 0.1) is 29.7 Å². The van der Waals surface area contributed by atoms with E-state index >= 15 is 0 Å². The SMILES string of the molecule is C[C@@H](O)[C@H]1C(=O)N2C(C(=O)[O-])=C(c3ccc(N)nc3)C[C@H]12.[Na+]. The number of aliphatic carboxylic acids is 1. The molecule has 1 aromatic rings. The first kappa shape index (κ1) is 17.0. The number of amides is 1. The zero-order valence-electron chi connectivity index (χ0n) is 12.3. The molecule has 22 heavy (non-hydrogen) atoms. The van der Waals surface area contributed by atoms with Crippen LogP contribution in [0.3, 0.4) is 0 Å². The van der Waals surface area contributed by atoms with E-state index in [4.69, 9.17) is 5.73 Å². The molecule has 3 rings (SSSR count). The summed E-state index contributed by atoms with van der Waals surface area (Å²) in [4.78, 5) is 28.6. The van der Waals surface area contributed by atoms with Gasteiger partial charge in [-0.2, -0.15) is 0 Å². The van der Waals surface area contributed by atoms with Crippen molar-refractivity contribution in [2.24, 2.45) is 5.92 Å². The number of nitrogens with zero attached hydrogens (tertiary/aromatic N) is 2. The molecule has 1 aromatic heterocycles. The van der Waals surface area contributed by atoms with E-state index in [2.05, 4.69) is 4.98 Å². The van der Waals surface area contributed by atoms with Gasteiger partial charge in [0.25, 0.3) is 0 Å². The van der Waals surface area contributed by atoms with Crippen LogP contribution in [0.1, 0.15) is 18.9 Å². The van der Waals surface area contributed by atoms with Gasteiger partial charge in [0.15, 0.2) is 0 Å². The summed E-state index contributed by atoms with van der Waals surface area (Å²) >= 11 is 0.